The number of aromatic nitrogens is 4. The highest BCUT2D eigenvalue weighted by atomic mass is 79.9. The van der Waals surface area contributed by atoms with Gasteiger partial charge in [-0.25, -0.2) is 4.68 Å². The molecule has 0 unspecified atom stereocenters. The molecule has 110 valence electrons. The van der Waals surface area contributed by atoms with Crippen molar-refractivity contribution in [1.82, 2.24) is 20.0 Å². The molecule has 0 aliphatic heterocycles. The normalized spacial score (nSPS) is 13.0. The van der Waals surface area contributed by atoms with Gasteiger partial charge < -0.3 is 0 Å². The quantitative estimate of drug-likeness (QED) is 0.755. The van der Waals surface area contributed by atoms with Crippen LogP contribution in [0.5, 0.6) is 0 Å². The van der Waals surface area contributed by atoms with E-state index < -0.39 is 34.6 Å². The van der Waals surface area contributed by atoms with Gasteiger partial charge in [0.05, 0.1) is 0 Å². The van der Waals surface area contributed by atoms with E-state index in [-0.39, 0.29) is 4.60 Å². The van der Waals surface area contributed by atoms with Crippen LogP contribution in [0.3, 0.4) is 0 Å². The second-order valence-electron chi connectivity index (χ2n) is 3.50. The fourth-order valence-corrected chi connectivity index (χ4v) is 2.04. The molecule has 4 nitrogen and oxygen atoms in total. The fourth-order valence-electron chi connectivity index (χ4n) is 1.36. The minimum absolute atomic E-state index is 0.306. The van der Waals surface area contributed by atoms with E-state index in [0.717, 1.165) is 0 Å². The van der Waals surface area contributed by atoms with Crippen molar-refractivity contribution in [2.24, 2.45) is 0 Å². The molecule has 2 rings (SSSR count). The Morgan fingerprint density at radius 1 is 1.15 bits per heavy atom. The van der Waals surface area contributed by atoms with Crippen molar-refractivity contribution in [1.29, 1.82) is 0 Å². The summed E-state index contributed by atoms with van der Waals surface area (Å²) in [4.78, 5) is 0. The van der Waals surface area contributed by atoms with E-state index in [0.29, 0.717) is 10.7 Å². The molecule has 0 spiro atoms. The highest BCUT2D eigenvalue weighted by molar-refractivity contribution is 9.10. The zero-order chi connectivity index (χ0) is 15.3. The summed E-state index contributed by atoms with van der Waals surface area (Å²) in [5, 5.41) is 7.30. The third-order valence-electron chi connectivity index (χ3n) is 2.15. The molecule has 12 heteroatoms. The molecule has 0 saturated carbocycles. The van der Waals surface area contributed by atoms with Gasteiger partial charge in [-0.1, -0.05) is 11.6 Å². The lowest BCUT2D eigenvalue weighted by Gasteiger charge is -2.08. The van der Waals surface area contributed by atoms with Crippen molar-refractivity contribution < 1.29 is 26.3 Å². The number of H-pyrrole nitrogens is 1. The summed E-state index contributed by atoms with van der Waals surface area (Å²) in [5.41, 5.74) is -3.54. The molecule has 0 radical (unpaired) electrons. The van der Waals surface area contributed by atoms with Crippen LogP contribution in [-0.2, 0) is 12.4 Å². The van der Waals surface area contributed by atoms with E-state index in [1.54, 1.807) is 5.10 Å². The SMILES string of the molecule is FC(F)(F)c1cc(Cl)n(-c2c(Br)n[nH]c2C(F)(F)F)n1. The van der Waals surface area contributed by atoms with Crippen LogP contribution in [-0.4, -0.2) is 20.0 Å². The number of nitrogens with zero attached hydrogens (tertiary/aromatic N) is 3. The number of halogens is 8. The van der Waals surface area contributed by atoms with Crippen LogP contribution in [0, 0.1) is 0 Å². The molecule has 1 N–H and O–H groups in total. The summed E-state index contributed by atoms with van der Waals surface area (Å²) >= 11 is 8.20. The van der Waals surface area contributed by atoms with Crippen LogP contribution in [0.1, 0.15) is 11.4 Å². The fraction of sp³-hybridized carbons (Fsp3) is 0.250. The Morgan fingerprint density at radius 2 is 1.75 bits per heavy atom. The van der Waals surface area contributed by atoms with Gasteiger partial charge in [0.1, 0.15) is 10.8 Å². The summed E-state index contributed by atoms with van der Waals surface area (Å²) in [6.07, 6.45) is -9.69. The van der Waals surface area contributed by atoms with Gasteiger partial charge in [-0.2, -0.15) is 36.5 Å². The van der Waals surface area contributed by atoms with Crippen molar-refractivity contribution in [3.63, 3.8) is 0 Å². The molecule has 0 fully saturated rings. The van der Waals surface area contributed by atoms with E-state index >= 15 is 0 Å². The van der Waals surface area contributed by atoms with Crippen molar-refractivity contribution in [3.05, 3.63) is 27.2 Å². The maximum atomic E-state index is 12.7. The molecular formula is C8H2BrClF6N4. The van der Waals surface area contributed by atoms with Gasteiger partial charge in [0, 0.05) is 6.07 Å². The van der Waals surface area contributed by atoms with Gasteiger partial charge in [-0.05, 0) is 15.9 Å². The lowest BCUT2D eigenvalue weighted by atomic mass is 10.3. The van der Waals surface area contributed by atoms with Crippen LogP contribution >= 0.6 is 27.5 Å². The first kappa shape index (κ1) is 15.2. The highest BCUT2D eigenvalue weighted by Crippen LogP contribution is 2.38. The lowest BCUT2D eigenvalue weighted by Crippen LogP contribution is -2.12. The van der Waals surface area contributed by atoms with Gasteiger partial charge in [0.25, 0.3) is 0 Å². The molecule has 0 amide bonds. The van der Waals surface area contributed by atoms with Crippen LogP contribution in [0.25, 0.3) is 5.69 Å². The Kier molecular flexibility index (Phi) is 3.53. The molecule has 0 aliphatic rings. The van der Waals surface area contributed by atoms with Crippen molar-refractivity contribution in [2.75, 3.05) is 0 Å². The number of aromatic amines is 1. The Bertz CT molecular complexity index is 642. The molecule has 20 heavy (non-hydrogen) atoms. The number of hydrogen-bond donors (Lipinski definition) is 1. The largest absolute Gasteiger partial charge is 0.435 e. The topological polar surface area (TPSA) is 46.5 Å². The Hall–Kier alpha value is -1.23. The predicted molar refractivity (Wildman–Crippen MR) is 58.4 cm³/mol. The second-order valence-corrected chi connectivity index (χ2v) is 4.64. The third kappa shape index (κ3) is 2.64. The summed E-state index contributed by atoms with van der Waals surface area (Å²) < 4.78 is 75.5. The number of rotatable bonds is 1. The minimum Gasteiger partial charge on any atom is -0.271 e. The zero-order valence-electron chi connectivity index (χ0n) is 8.94. The van der Waals surface area contributed by atoms with Gasteiger partial charge in [-0.15, -0.1) is 0 Å². The van der Waals surface area contributed by atoms with Crippen molar-refractivity contribution >= 4 is 27.5 Å². The molecule has 0 aliphatic carbocycles. The van der Waals surface area contributed by atoms with Crippen molar-refractivity contribution in [2.45, 2.75) is 12.4 Å². The van der Waals surface area contributed by atoms with Crippen LogP contribution < -0.4 is 0 Å². The first-order chi connectivity index (χ1) is 9.01. The van der Waals surface area contributed by atoms with Gasteiger partial charge in [0.2, 0.25) is 0 Å². The van der Waals surface area contributed by atoms with Crippen LogP contribution in [0.4, 0.5) is 26.3 Å². The molecule has 0 bridgehead atoms. The highest BCUT2D eigenvalue weighted by Gasteiger charge is 2.40. The van der Waals surface area contributed by atoms with Gasteiger partial charge >= 0.3 is 12.4 Å². The monoisotopic (exact) mass is 382 g/mol. The second kappa shape index (κ2) is 4.65. The third-order valence-corrected chi connectivity index (χ3v) is 2.97. The molecular weight excluding hydrogens is 381 g/mol. The molecule has 0 saturated heterocycles. The Balaban J connectivity index is 2.64. The first-order valence-electron chi connectivity index (χ1n) is 4.66. The minimum atomic E-state index is -4.86. The summed E-state index contributed by atoms with van der Waals surface area (Å²) in [6, 6.07) is 0.418. The molecule has 2 aromatic heterocycles. The number of hydrogen-bond acceptors (Lipinski definition) is 2. The average molecular weight is 383 g/mol. The first-order valence-corrected chi connectivity index (χ1v) is 5.83. The summed E-state index contributed by atoms with van der Waals surface area (Å²) in [6.45, 7) is 0. The van der Waals surface area contributed by atoms with Crippen LogP contribution in [0.15, 0.2) is 10.7 Å². The molecule has 2 aromatic rings. The lowest BCUT2D eigenvalue weighted by molar-refractivity contribution is -0.141. The van der Waals surface area contributed by atoms with E-state index in [9.17, 15) is 26.3 Å². The van der Waals surface area contributed by atoms with E-state index in [2.05, 4.69) is 26.1 Å². The Labute approximate surface area is 119 Å². The number of alkyl halides is 6. The van der Waals surface area contributed by atoms with Gasteiger partial charge in [-0.3, -0.25) is 5.10 Å². The predicted octanol–water partition coefficient (Wildman–Crippen LogP) is 4.05. The molecule has 2 heterocycles. The van der Waals surface area contributed by atoms with E-state index in [1.165, 1.54) is 0 Å². The standard InChI is InChI=1S/C8H2BrClF6N4/c9-6-4(5(17-18-6)8(14,15)16)20-3(10)1-2(19-20)7(11,12)13/h1H,(H,17,18). The maximum Gasteiger partial charge on any atom is 0.435 e. The summed E-state index contributed by atoms with van der Waals surface area (Å²) in [7, 11) is 0. The smallest absolute Gasteiger partial charge is 0.271 e. The number of nitrogens with one attached hydrogen (secondary N) is 1. The van der Waals surface area contributed by atoms with E-state index in [1.807, 2.05) is 0 Å². The molecule has 0 aromatic carbocycles. The molecule has 0 atom stereocenters. The van der Waals surface area contributed by atoms with Crippen molar-refractivity contribution in [3.8, 4) is 5.69 Å². The zero-order valence-corrected chi connectivity index (χ0v) is 11.3. The maximum absolute atomic E-state index is 12.7. The van der Waals surface area contributed by atoms with Crippen LogP contribution in [0.2, 0.25) is 5.15 Å². The Morgan fingerprint density at radius 3 is 2.20 bits per heavy atom. The summed E-state index contributed by atoms with van der Waals surface area (Å²) in [5.74, 6) is 0. The van der Waals surface area contributed by atoms with Gasteiger partial charge in [0.15, 0.2) is 16.0 Å². The van der Waals surface area contributed by atoms with E-state index in [4.69, 9.17) is 11.6 Å². The average Bonchev–Trinajstić information content (AvgIpc) is 2.79.